The monoisotopic (exact) mass is 450 g/mol. The van der Waals surface area contributed by atoms with Gasteiger partial charge in [-0.25, -0.2) is 9.97 Å². The molecule has 1 aliphatic heterocycles. The summed E-state index contributed by atoms with van der Waals surface area (Å²) in [5.41, 5.74) is 2.01. The first-order valence-corrected chi connectivity index (χ1v) is 11.2. The SMILES string of the molecule is Cn1cc(-c2ccc3cnc(NC(=O)C4CCN(CC(=O)OC(C)(C)C)CC4)cc3n2)cn1. The van der Waals surface area contributed by atoms with E-state index in [0.29, 0.717) is 31.7 Å². The molecule has 1 saturated heterocycles. The molecule has 9 heteroatoms. The molecule has 0 aliphatic carbocycles. The molecule has 0 atom stereocenters. The first-order chi connectivity index (χ1) is 15.7. The molecule has 1 aliphatic rings. The highest BCUT2D eigenvalue weighted by Gasteiger charge is 2.27. The van der Waals surface area contributed by atoms with Gasteiger partial charge in [-0.05, 0) is 58.8 Å². The van der Waals surface area contributed by atoms with Gasteiger partial charge in [0.1, 0.15) is 11.4 Å². The van der Waals surface area contributed by atoms with E-state index in [9.17, 15) is 9.59 Å². The normalized spacial score (nSPS) is 15.5. The van der Waals surface area contributed by atoms with E-state index in [1.165, 1.54) is 0 Å². The molecule has 4 rings (SSSR count). The van der Waals surface area contributed by atoms with Gasteiger partial charge < -0.3 is 10.1 Å². The van der Waals surface area contributed by atoms with E-state index in [1.54, 1.807) is 23.1 Å². The van der Waals surface area contributed by atoms with Crippen molar-refractivity contribution in [3.05, 3.63) is 36.8 Å². The van der Waals surface area contributed by atoms with Crippen molar-refractivity contribution in [1.29, 1.82) is 0 Å². The first-order valence-electron chi connectivity index (χ1n) is 11.2. The minimum atomic E-state index is -0.490. The maximum Gasteiger partial charge on any atom is 0.320 e. The van der Waals surface area contributed by atoms with Gasteiger partial charge in [0.05, 0.1) is 24.0 Å². The van der Waals surface area contributed by atoms with Crippen LogP contribution in [0.1, 0.15) is 33.6 Å². The number of carbonyl (C=O) groups excluding carboxylic acids is 2. The number of aromatic nitrogens is 4. The highest BCUT2D eigenvalue weighted by atomic mass is 16.6. The zero-order chi connectivity index (χ0) is 23.6. The van der Waals surface area contributed by atoms with Crippen LogP contribution in [-0.2, 0) is 21.4 Å². The Bertz CT molecular complexity index is 1160. The van der Waals surface area contributed by atoms with Gasteiger partial charge in [0.2, 0.25) is 5.91 Å². The summed E-state index contributed by atoms with van der Waals surface area (Å²) in [5.74, 6) is 0.0812. The summed E-state index contributed by atoms with van der Waals surface area (Å²) in [7, 11) is 1.87. The summed E-state index contributed by atoms with van der Waals surface area (Å²) >= 11 is 0. The number of piperidine rings is 1. The third-order valence-corrected chi connectivity index (χ3v) is 5.56. The number of pyridine rings is 2. The molecule has 0 unspecified atom stereocenters. The number of amides is 1. The largest absolute Gasteiger partial charge is 0.459 e. The molecule has 0 saturated carbocycles. The predicted molar refractivity (Wildman–Crippen MR) is 125 cm³/mol. The summed E-state index contributed by atoms with van der Waals surface area (Å²) in [6, 6.07) is 5.69. The van der Waals surface area contributed by atoms with E-state index in [0.717, 1.165) is 22.2 Å². The number of hydrogen-bond acceptors (Lipinski definition) is 7. The van der Waals surface area contributed by atoms with Crippen LogP contribution in [0.25, 0.3) is 22.2 Å². The highest BCUT2D eigenvalue weighted by Crippen LogP contribution is 2.23. The van der Waals surface area contributed by atoms with Crippen molar-refractivity contribution in [2.75, 3.05) is 25.0 Å². The number of hydrogen-bond donors (Lipinski definition) is 1. The van der Waals surface area contributed by atoms with Crippen molar-refractivity contribution < 1.29 is 14.3 Å². The maximum atomic E-state index is 12.8. The Balaban J connectivity index is 1.35. The second-order valence-corrected chi connectivity index (χ2v) is 9.49. The summed E-state index contributed by atoms with van der Waals surface area (Å²) < 4.78 is 7.12. The molecule has 0 radical (unpaired) electrons. The zero-order valence-electron chi connectivity index (χ0n) is 19.5. The second kappa shape index (κ2) is 9.27. The topological polar surface area (TPSA) is 102 Å². The van der Waals surface area contributed by atoms with Crippen LogP contribution in [-0.4, -0.2) is 61.8 Å². The molecular formula is C24H30N6O3. The Morgan fingerprint density at radius 2 is 1.94 bits per heavy atom. The molecule has 0 spiro atoms. The predicted octanol–water partition coefficient (Wildman–Crippen LogP) is 3.02. The Hall–Kier alpha value is -3.33. The van der Waals surface area contributed by atoms with Crippen molar-refractivity contribution >= 4 is 28.6 Å². The quantitative estimate of drug-likeness (QED) is 0.596. The van der Waals surface area contributed by atoms with Gasteiger partial charge in [0, 0.05) is 42.4 Å². The van der Waals surface area contributed by atoms with Crippen LogP contribution in [0.2, 0.25) is 0 Å². The van der Waals surface area contributed by atoms with Crippen LogP contribution in [0.5, 0.6) is 0 Å². The molecule has 4 heterocycles. The lowest BCUT2D eigenvalue weighted by atomic mass is 9.96. The summed E-state index contributed by atoms with van der Waals surface area (Å²) in [6.07, 6.45) is 6.77. The first kappa shape index (κ1) is 22.8. The lowest BCUT2D eigenvalue weighted by Gasteiger charge is -2.31. The summed E-state index contributed by atoms with van der Waals surface area (Å²) in [4.78, 5) is 36.0. The lowest BCUT2D eigenvalue weighted by molar-refractivity contribution is -0.156. The standard InChI is InChI=1S/C24H30N6O3/c1-24(2,3)33-22(31)15-30-9-7-16(8-10-30)23(32)28-21-11-20-17(12-25-21)5-6-19(27-20)18-13-26-29(4)14-18/h5-6,11-14,16H,7-10,15H2,1-4H3,(H,25,28,32). The number of aryl methyl sites for hydroxylation is 1. The van der Waals surface area contributed by atoms with E-state index in [1.807, 2.05) is 51.0 Å². The van der Waals surface area contributed by atoms with Crippen molar-refractivity contribution in [1.82, 2.24) is 24.6 Å². The average Bonchev–Trinajstić information content (AvgIpc) is 3.18. The van der Waals surface area contributed by atoms with Gasteiger partial charge in [-0.15, -0.1) is 0 Å². The lowest BCUT2D eigenvalue weighted by Crippen LogP contribution is -2.42. The van der Waals surface area contributed by atoms with Gasteiger partial charge in [0.25, 0.3) is 0 Å². The molecule has 1 fully saturated rings. The smallest absolute Gasteiger partial charge is 0.320 e. The number of anilines is 1. The fourth-order valence-corrected chi connectivity index (χ4v) is 3.94. The number of likely N-dealkylation sites (tertiary alicyclic amines) is 1. The van der Waals surface area contributed by atoms with Crippen LogP contribution >= 0.6 is 0 Å². The van der Waals surface area contributed by atoms with Gasteiger partial charge in [-0.2, -0.15) is 5.10 Å². The Morgan fingerprint density at radius 1 is 1.18 bits per heavy atom. The maximum absolute atomic E-state index is 12.8. The van der Waals surface area contributed by atoms with Gasteiger partial charge in [0.15, 0.2) is 0 Å². The third kappa shape index (κ3) is 5.92. The Labute approximate surface area is 193 Å². The summed E-state index contributed by atoms with van der Waals surface area (Å²) in [5, 5.41) is 8.03. The van der Waals surface area contributed by atoms with E-state index >= 15 is 0 Å². The number of nitrogens with zero attached hydrogens (tertiary/aromatic N) is 5. The molecule has 0 bridgehead atoms. The van der Waals surface area contributed by atoms with Crippen LogP contribution in [0.15, 0.2) is 36.8 Å². The Kier molecular flexibility index (Phi) is 6.42. The molecule has 33 heavy (non-hydrogen) atoms. The van der Waals surface area contributed by atoms with Crippen LogP contribution in [0.4, 0.5) is 5.82 Å². The van der Waals surface area contributed by atoms with E-state index < -0.39 is 5.60 Å². The molecule has 9 nitrogen and oxygen atoms in total. The minimum absolute atomic E-state index is 0.0535. The second-order valence-electron chi connectivity index (χ2n) is 9.49. The molecule has 174 valence electrons. The molecule has 0 aromatic carbocycles. The molecule has 1 N–H and O–H groups in total. The Morgan fingerprint density at radius 3 is 2.61 bits per heavy atom. The number of fused-ring (bicyclic) bond motifs is 1. The van der Waals surface area contributed by atoms with Gasteiger partial charge in [-0.1, -0.05) is 0 Å². The highest BCUT2D eigenvalue weighted by molar-refractivity contribution is 5.93. The molecular weight excluding hydrogens is 420 g/mol. The number of nitrogens with one attached hydrogen (secondary N) is 1. The molecule has 3 aromatic heterocycles. The van der Waals surface area contributed by atoms with Crippen LogP contribution < -0.4 is 5.32 Å². The zero-order valence-corrected chi connectivity index (χ0v) is 19.5. The molecule has 1 amide bonds. The summed E-state index contributed by atoms with van der Waals surface area (Å²) in [6.45, 7) is 7.19. The molecule has 3 aromatic rings. The van der Waals surface area contributed by atoms with Crippen molar-refractivity contribution in [2.24, 2.45) is 13.0 Å². The fourth-order valence-electron chi connectivity index (χ4n) is 3.94. The number of ether oxygens (including phenoxy) is 1. The van der Waals surface area contributed by atoms with Crippen molar-refractivity contribution in [3.8, 4) is 11.3 Å². The van der Waals surface area contributed by atoms with Gasteiger partial charge >= 0.3 is 5.97 Å². The minimum Gasteiger partial charge on any atom is -0.459 e. The van der Waals surface area contributed by atoms with E-state index in [2.05, 4.69) is 15.4 Å². The van der Waals surface area contributed by atoms with Crippen molar-refractivity contribution in [3.63, 3.8) is 0 Å². The third-order valence-electron chi connectivity index (χ3n) is 5.56. The van der Waals surface area contributed by atoms with Crippen molar-refractivity contribution in [2.45, 2.75) is 39.2 Å². The van der Waals surface area contributed by atoms with E-state index in [-0.39, 0.29) is 24.3 Å². The van der Waals surface area contributed by atoms with Crippen LogP contribution in [0, 0.1) is 5.92 Å². The number of carbonyl (C=O) groups is 2. The number of rotatable bonds is 5. The van der Waals surface area contributed by atoms with Gasteiger partial charge in [-0.3, -0.25) is 19.2 Å². The van der Waals surface area contributed by atoms with E-state index in [4.69, 9.17) is 9.72 Å². The fraction of sp³-hybridized carbons (Fsp3) is 0.458. The average molecular weight is 451 g/mol. The van der Waals surface area contributed by atoms with Crippen LogP contribution in [0.3, 0.4) is 0 Å². The number of esters is 1.